The van der Waals surface area contributed by atoms with Gasteiger partial charge in [-0.1, -0.05) is 6.07 Å². The Bertz CT molecular complexity index is 607. The summed E-state index contributed by atoms with van der Waals surface area (Å²) in [5.74, 6) is 0.366. The molecule has 1 saturated heterocycles. The van der Waals surface area contributed by atoms with E-state index in [0.717, 1.165) is 18.4 Å². The largest absolute Gasteiger partial charge is 0.305 e. The molecule has 0 aromatic heterocycles. The number of sulfonamides is 1. The van der Waals surface area contributed by atoms with Gasteiger partial charge in [-0.05, 0) is 60.6 Å². The van der Waals surface area contributed by atoms with Crippen molar-refractivity contribution in [3.63, 3.8) is 0 Å². The van der Waals surface area contributed by atoms with E-state index in [9.17, 15) is 8.42 Å². The average molecular weight is 396 g/mol. The molecule has 1 aliphatic rings. The summed E-state index contributed by atoms with van der Waals surface area (Å²) in [6, 6.07) is 5.44. The van der Waals surface area contributed by atoms with Gasteiger partial charge in [0.1, 0.15) is 0 Å². The molecule has 4 nitrogen and oxygen atoms in total. The summed E-state index contributed by atoms with van der Waals surface area (Å²) in [4.78, 5) is 2.41. The van der Waals surface area contributed by atoms with Crippen LogP contribution in [0.1, 0.15) is 18.4 Å². The molecule has 21 heavy (non-hydrogen) atoms. The van der Waals surface area contributed by atoms with Crippen LogP contribution < -0.4 is 0 Å². The van der Waals surface area contributed by atoms with Crippen molar-refractivity contribution in [3.05, 3.63) is 28.2 Å². The Morgan fingerprint density at radius 1 is 1.43 bits per heavy atom. The number of halogens is 2. The third-order valence-electron chi connectivity index (χ3n) is 3.86. The van der Waals surface area contributed by atoms with Crippen LogP contribution in [0.15, 0.2) is 27.6 Å². The van der Waals surface area contributed by atoms with E-state index in [-0.39, 0.29) is 6.04 Å². The second kappa shape index (κ2) is 6.96. The highest BCUT2D eigenvalue weighted by Crippen LogP contribution is 2.29. The van der Waals surface area contributed by atoms with Gasteiger partial charge in [-0.15, -0.1) is 11.6 Å². The van der Waals surface area contributed by atoms with Crippen LogP contribution in [0.3, 0.4) is 0 Å². The number of rotatable bonds is 4. The Hall–Kier alpha value is -0.140. The minimum absolute atomic E-state index is 0.273. The summed E-state index contributed by atoms with van der Waals surface area (Å²) in [6.45, 7) is 1.12. The van der Waals surface area contributed by atoms with E-state index in [2.05, 4.69) is 20.8 Å². The molecule has 0 bridgehead atoms. The Morgan fingerprint density at radius 3 is 2.71 bits per heavy atom. The molecule has 1 aromatic carbocycles. The van der Waals surface area contributed by atoms with Crippen LogP contribution in [0, 0.1) is 0 Å². The number of nitrogens with zero attached hydrogens (tertiary/aromatic N) is 2. The third-order valence-corrected chi connectivity index (χ3v) is 7.01. The van der Waals surface area contributed by atoms with E-state index in [4.69, 9.17) is 11.6 Å². The lowest BCUT2D eigenvalue weighted by molar-refractivity contribution is 0.190. The van der Waals surface area contributed by atoms with Crippen molar-refractivity contribution in [1.29, 1.82) is 0 Å². The second-order valence-corrected chi connectivity index (χ2v) is 8.55. The monoisotopic (exact) mass is 394 g/mol. The average Bonchev–Trinajstić information content (AvgIpc) is 2.46. The fourth-order valence-corrected chi connectivity index (χ4v) is 5.30. The number of benzene rings is 1. The third kappa shape index (κ3) is 3.79. The predicted molar refractivity (Wildman–Crippen MR) is 89.2 cm³/mol. The Balaban J connectivity index is 2.29. The van der Waals surface area contributed by atoms with Crippen LogP contribution in [-0.2, 0) is 15.9 Å². The minimum Gasteiger partial charge on any atom is -0.305 e. The van der Waals surface area contributed by atoms with Gasteiger partial charge in [0.05, 0.1) is 4.90 Å². The van der Waals surface area contributed by atoms with Crippen LogP contribution in [-0.4, -0.2) is 50.8 Å². The summed E-state index contributed by atoms with van der Waals surface area (Å²) in [5.41, 5.74) is 0.896. The van der Waals surface area contributed by atoms with Gasteiger partial charge in [-0.2, -0.15) is 4.31 Å². The standard InChI is InChI=1S/C14H20BrClN2O2S/c1-17(2)12-4-3-7-18(10-12)21(19,20)14-6-5-11(9-16)8-13(14)15/h5-6,8,12H,3-4,7,9-10H2,1-2H3. The second-order valence-electron chi connectivity index (χ2n) is 5.52. The van der Waals surface area contributed by atoms with Crippen LogP contribution in [0.5, 0.6) is 0 Å². The first-order valence-corrected chi connectivity index (χ1v) is 9.64. The highest BCUT2D eigenvalue weighted by atomic mass is 79.9. The van der Waals surface area contributed by atoms with Crippen molar-refractivity contribution < 1.29 is 8.42 Å². The van der Waals surface area contributed by atoms with Gasteiger partial charge in [0.25, 0.3) is 0 Å². The fourth-order valence-electron chi connectivity index (χ4n) is 2.54. The molecular formula is C14H20BrClN2O2S. The van der Waals surface area contributed by atoms with Gasteiger partial charge in [-0.25, -0.2) is 8.42 Å². The van der Waals surface area contributed by atoms with E-state index >= 15 is 0 Å². The van der Waals surface area contributed by atoms with Crippen molar-refractivity contribution in [2.45, 2.75) is 29.7 Å². The maximum absolute atomic E-state index is 12.8. The highest BCUT2D eigenvalue weighted by molar-refractivity contribution is 9.10. The van der Waals surface area contributed by atoms with E-state index in [1.807, 2.05) is 14.1 Å². The molecule has 1 fully saturated rings. The molecule has 1 atom stereocenters. The van der Waals surface area contributed by atoms with Crippen molar-refractivity contribution in [1.82, 2.24) is 9.21 Å². The maximum atomic E-state index is 12.8. The zero-order valence-electron chi connectivity index (χ0n) is 12.2. The summed E-state index contributed by atoms with van der Waals surface area (Å²) in [5, 5.41) is 0. The van der Waals surface area contributed by atoms with Gasteiger partial charge in [0.15, 0.2) is 0 Å². The Kier molecular flexibility index (Phi) is 5.71. The Morgan fingerprint density at radius 2 is 2.14 bits per heavy atom. The van der Waals surface area contributed by atoms with E-state index in [1.165, 1.54) is 0 Å². The number of hydrogen-bond donors (Lipinski definition) is 0. The maximum Gasteiger partial charge on any atom is 0.244 e. The van der Waals surface area contributed by atoms with Crippen molar-refractivity contribution in [3.8, 4) is 0 Å². The lowest BCUT2D eigenvalue weighted by atomic mass is 10.1. The molecule has 1 unspecified atom stereocenters. The summed E-state index contributed by atoms with van der Waals surface area (Å²) >= 11 is 9.14. The first-order chi connectivity index (χ1) is 9.86. The molecule has 0 spiro atoms. The number of hydrogen-bond acceptors (Lipinski definition) is 3. The first kappa shape index (κ1) is 17.2. The molecule has 0 N–H and O–H groups in total. The highest BCUT2D eigenvalue weighted by Gasteiger charge is 2.32. The van der Waals surface area contributed by atoms with Crippen LogP contribution in [0.2, 0.25) is 0 Å². The van der Waals surface area contributed by atoms with Gasteiger partial charge >= 0.3 is 0 Å². The molecule has 1 aromatic rings. The molecule has 1 aliphatic heterocycles. The summed E-state index contributed by atoms with van der Waals surface area (Å²) < 4.78 is 27.8. The zero-order valence-corrected chi connectivity index (χ0v) is 15.4. The molecule has 0 saturated carbocycles. The number of piperidine rings is 1. The molecular weight excluding hydrogens is 376 g/mol. The van der Waals surface area contributed by atoms with Gasteiger partial charge < -0.3 is 4.90 Å². The molecule has 118 valence electrons. The van der Waals surface area contributed by atoms with Crippen molar-refractivity contribution in [2.75, 3.05) is 27.2 Å². The number of alkyl halides is 1. The van der Waals surface area contributed by atoms with Crippen LogP contribution >= 0.6 is 27.5 Å². The zero-order chi connectivity index (χ0) is 15.6. The van der Waals surface area contributed by atoms with Crippen molar-refractivity contribution in [2.24, 2.45) is 0 Å². The molecule has 2 rings (SSSR count). The number of likely N-dealkylation sites (N-methyl/N-ethyl adjacent to an activating group) is 1. The molecule has 0 amide bonds. The molecule has 0 radical (unpaired) electrons. The van der Waals surface area contributed by atoms with Gasteiger partial charge in [-0.3, -0.25) is 0 Å². The summed E-state index contributed by atoms with van der Waals surface area (Å²) in [6.07, 6.45) is 1.92. The minimum atomic E-state index is -3.47. The quantitative estimate of drug-likeness (QED) is 0.736. The van der Waals surface area contributed by atoms with Gasteiger partial charge in [0, 0.05) is 29.5 Å². The topological polar surface area (TPSA) is 40.6 Å². The van der Waals surface area contributed by atoms with E-state index in [1.54, 1.807) is 22.5 Å². The van der Waals surface area contributed by atoms with Crippen LogP contribution in [0.25, 0.3) is 0 Å². The molecule has 0 aliphatic carbocycles. The lowest BCUT2D eigenvalue weighted by Gasteiger charge is -2.35. The smallest absolute Gasteiger partial charge is 0.244 e. The summed E-state index contributed by atoms with van der Waals surface area (Å²) in [7, 11) is 0.517. The van der Waals surface area contributed by atoms with E-state index in [0.29, 0.717) is 28.3 Å². The molecule has 1 heterocycles. The van der Waals surface area contributed by atoms with Crippen LogP contribution in [0.4, 0.5) is 0 Å². The fraction of sp³-hybridized carbons (Fsp3) is 0.571. The molecule has 7 heteroatoms. The van der Waals surface area contributed by atoms with E-state index < -0.39 is 10.0 Å². The first-order valence-electron chi connectivity index (χ1n) is 6.87. The Labute approximate surface area is 140 Å². The lowest BCUT2D eigenvalue weighted by Crippen LogP contribution is -2.47. The SMILES string of the molecule is CN(C)C1CCCN(S(=O)(=O)c2ccc(CCl)cc2Br)C1. The normalized spacial score (nSPS) is 20.9. The van der Waals surface area contributed by atoms with Gasteiger partial charge in [0.2, 0.25) is 10.0 Å². The van der Waals surface area contributed by atoms with Crippen molar-refractivity contribution >= 4 is 37.6 Å². The predicted octanol–water partition coefficient (Wildman–Crippen LogP) is 2.90.